The molecule has 0 amide bonds. The summed E-state index contributed by atoms with van der Waals surface area (Å²) in [5.41, 5.74) is 0. The standard InChI is InChI=1S/C10H19N3O2/c1-6(2)8(14-5)9-12-10(15-13-9)11-7(3)4/h6-8H,1-5H3,(H,11,12,13). The highest BCUT2D eigenvalue weighted by Crippen LogP contribution is 2.23. The van der Waals surface area contributed by atoms with Crippen molar-refractivity contribution in [3.05, 3.63) is 5.82 Å². The van der Waals surface area contributed by atoms with Gasteiger partial charge >= 0.3 is 6.01 Å². The summed E-state index contributed by atoms with van der Waals surface area (Å²) in [6.07, 6.45) is -0.114. The van der Waals surface area contributed by atoms with Crippen molar-refractivity contribution in [3.8, 4) is 0 Å². The van der Waals surface area contributed by atoms with Crippen molar-refractivity contribution in [2.24, 2.45) is 5.92 Å². The highest BCUT2D eigenvalue weighted by Gasteiger charge is 2.21. The molecular formula is C10H19N3O2. The molecule has 1 aromatic rings. The number of rotatable bonds is 5. The molecule has 1 heterocycles. The lowest BCUT2D eigenvalue weighted by Gasteiger charge is -2.14. The highest BCUT2D eigenvalue weighted by molar-refractivity contribution is 5.20. The Morgan fingerprint density at radius 3 is 2.40 bits per heavy atom. The number of hydrogen-bond donors (Lipinski definition) is 1. The van der Waals surface area contributed by atoms with E-state index >= 15 is 0 Å². The van der Waals surface area contributed by atoms with Crippen LogP contribution in [-0.2, 0) is 4.74 Å². The van der Waals surface area contributed by atoms with Gasteiger partial charge in [-0.2, -0.15) is 4.98 Å². The van der Waals surface area contributed by atoms with E-state index in [0.717, 1.165) is 0 Å². The van der Waals surface area contributed by atoms with E-state index in [9.17, 15) is 0 Å². The fourth-order valence-corrected chi connectivity index (χ4v) is 1.33. The maximum absolute atomic E-state index is 5.30. The maximum atomic E-state index is 5.30. The average molecular weight is 213 g/mol. The SMILES string of the molecule is COC(c1noc(NC(C)C)n1)C(C)C. The Morgan fingerprint density at radius 1 is 1.27 bits per heavy atom. The molecule has 0 radical (unpaired) electrons. The normalized spacial score (nSPS) is 13.5. The van der Waals surface area contributed by atoms with Gasteiger partial charge in [-0.05, 0) is 19.8 Å². The Kier molecular flexibility index (Phi) is 4.08. The maximum Gasteiger partial charge on any atom is 0.321 e. The molecule has 0 aromatic carbocycles. The van der Waals surface area contributed by atoms with Crippen LogP contribution in [0.4, 0.5) is 6.01 Å². The van der Waals surface area contributed by atoms with Crippen LogP contribution in [0.1, 0.15) is 39.6 Å². The zero-order valence-corrected chi connectivity index (χ0v) is 9.94. The second-order valence-corrected chi connectivity index (χ2v) is 4.16. The van der Waals surface area contributed by atoms with Gasteiger partial charge in [-0.1, -0.05) is 19.0 Å². The van der Waals surface area contributed by atoms with Crippen molar-refractivity contribution in [3.63, 3.8) is 0 Å². The molecule has 1 rings (SSSR count). The molecule has 0 bridgehead atoms. The van der Waals surface area contributed by atoms with Crippen LogP contribution in [0.5, 0.6) is 0 Å². The van der Waals surface area contributed by atoms with Gasteiger partial charge in [0.15, 0.2) is 0 Å². The third-order valence-electron chi connectivity index (χ3n) is 1.97. The summed E-state index contributed by atoms with van der Waals surface area (Å²) in [5.74, 6) is 0.912. The summed E-state index contributed by atoms with van der Waals surface area (Å²) in [6, 6.07) is 0.723. The van der Waals surface area contributed by atoms with E-state index in [0.29, 0.717) is 17.8 Å². The molecule has 5 nitrogen and oxygen atoms in total. The van der Waals surface area contributed by atoms with Crippen LogP contribution >= 0.6 is 0 Å². The summed E-state index contributed by atoms with van der Waals surface area (Å²) >= 11 is 0. The molecule has 1 aromatic heterocycles. The van der Waals surface area contributed by atoms with Crippen molar-refractivity contribution in [1.82, 2.24) is 10.1 Å². The number of methoxy groups -OCH3 is 1. The van der Waals surface area contributed by atoms with E-state index in [-0.39, 0.29) is 12.1 Å². The molecular weight excluding hydrogens is 194 g/mol. The van der Waals surface area contributed by atoms with Crippen LogP contribution in [0.2, 0.25) is 0 Å². The monoisotopic (exact) mass is 213 g/mol. The van der Waals surface area contributed by atoms with Crippen LogP contribution in [-0.4, -0.2) is 23.3 Å². The number of nitrogens with zero attached hydrogens (tertiary/aromatic N) is 2. The van der Waals surface area contributed by atoms with Crippen LogP contribution in [0.15, 0.2) is 4.52 Å². The summed E-state index contributed by atoms with van der Waals surface area (Å²) in [7, 11) is 1.65. The lowest BCUT2D eigenvalue weighted by molar-refractivity contribution is 0.0556. The van der Waals surface area contributed by atoms with E-state index < -0.39 is 0 Å². The first-order valence-electron chi connectivity index (χ1n) is 5.17. The molecule has 0 aliphatic rings. The summed E-state index contributed by atoms with van der Waals surface area (Å²) in [6.45, 7) is 8.14. The van der Waals surface area contributed by atoms with Gasteiger partial charge in [-0.25, -0.2) is 0 Å². The Bertz CT molecular complexity index is 297. The fourth-order valence-electron chi connectivity index (χ4n) is 1.33. The van der Waals surface area contributed by atoms with Crippen molar-refractivity contribution in [2.75, 3.05) is 12.4 Å². The van der Waals surface area contributed by atoms with Crippen LogP contribution in [0, 0.1) is 5.92 Å². The smallest absolute Gasteiger partial charge is 0.321 e. The topological polar surface area (TPSA) is 60.2 Å². The Balaban J connectivity index is 2.73. The molecule has 5 heteroatoms. The minimum Gasteiger partial charge on any atom is -0.373 e. The lowest BCUT2D eigenvalue weighted by Crippen LogP contribution is -2.12. The third-order valence-corrected chi connectivity index (χ3v) is 1.97. The van der Waals surface area contributed by atoms with E-state index in [4.69, 9.17) is 9.26 Å². The Hall–Kier alpha value is -1.10. The minimum atomic E-state index is -0.114. The van der Waals surface area contributed by atoms with Gasteiger partial charge in [-0.3, -0.25) is 0 Å². The number of ether oxygens (including phenoxy) is 1. The Labute approximate surface area is 90.2 Å². The van der Waals surface area contributed by atoms with E-state index in [1.807, 2.05) is 13.8 Å². The molecule has 1 N–H and O–H groups in total. The first-order valence-corrected chi connectivity index (χ1v) is 5.17. The van der Waals surface area contributed by atoms with Crippen LogP contribution in [0.3, 0.4) is 0 Å². The predicted molar refractivity (Wildman–Crippen MR) is 57.6 cm³/mol. The molecule has 0 saturated heterocycles. The third kappa shape index (κ3) is 3.20. The van der Waals surface area contributed by atoms with Gasteiger partial charge in [0.2, 0.25) is 5.82 Å². The molecule has 1 atom stereocenters. The van der Waals surface area contributed by atoms with Crippen LogP contribution < -0.4 is 5.32 Å². The number of nitrogens with one attached hydrogen (secondary N) is 1. The second-order valence-electron chi connectivity index (χ2n) is 4.16. The number of aromatic nitrogens is 2. The predicted octanol–water partition coefficient (Wildman–Crippen LogP) is 2.23. The Morgan fingerprint density at radius 2 is 1.93 bits per heavy atom. The minimum absolute atomic E-state index is 0.114. The molecule has 0 spiro atoms. The quantitative estimate of drug-likeness (QED) is 0.812. The van der Waals surface area contributed by atoms with Gasteiger partial charge in [0.25, 0.3) is 0 Å². The molecule has 15 heavy (non-hydrogen) atoms. The molecule has 0 saturated carbocycles. The first kappa shape index (κ1) is 12.0. The summed E-state index contributed by atoms with van der Waals surface area (Å²) in [5, 5.41) is 6.94. The van der Waals surface area contributed by atoms with Gasteiger partial charge in [0.05, 0.1) is 0 Å². The van der Waals surface area contributed by atoms with Gasteiger partial charge in [0, 0.05) is 13.2 Å². The number of hydrogen-bond acceptors (Lipinski definition) is 5. The lowest BCUT2D eigenvalue weighted by atomic mass is 10.1. The number of anilines is 1. The fraction of sp³-hybridized carbons (Fsp3) is 0.800. The first-order chi connectivity index (χ1) is 7.04. The molecule has 0 aliphatic carbocycles. The zero-order chi connectivity index (χ0) is 11.4. The molecule has 0 aliphatic heterocycles. The summed E-state index contributed by atoms with van der Waals surface area (Å²) < 4.78 is 10.4. The zero-order valence-electron chi connectivity index (χ0n) is 9.94. The van der Waals surface area contributed by atoms with Gasteiger partial charge in [-0.15, -0.1) is 0 Å². The highest BCUT2D eigenvalue weighted by atomic mass is 16.5. The van der Waals surface area contributed by atoms with E-state index in [1.165, 1.54) is 0 Å². The van der Waals surface area contributed by atoms with Crippen molar-refractivity contribution in [2.45, 2.75) is 39.8 Å². The molecule has 86 valence electrons. The van der Waals surface area contributed by atoms with Gasteiger partial charge in [0.1, 0.15) is 6.10 Å². The van der Waals surface area contributed by atoms with Crippen molar-refractivity contribution in [1.29, 1.82) is 0 Å². The van der Waals surface area contributed by atoms with Crippen molar-refractivity contribution >= 4 is 6.01 Å². The van der Waals surface area contributed by atoms with E-state index in [1.54, 1.807) is 7.11 Å². The largest absolute Gasteiger partial charge is 0.373 e. The van der Waals surface area contributed by atoms with Crippen LogP contribution in [0.25, 0.3) is 0 Å². The second kappa shape index (κ2) is 5.11. The van der Waals surface area contributed by atoms with E-state index in [2.05, 4.69) is 29.3 Å². The average Bonchev–Trinajstić information content (AvgIpc) is 2.52. The van der Waals surface area contributed by atoms with Gasteiger partial charge < -0.3 is 14.6 Å². The molecule has 0 fully saturated rings. The van der Waals surface area contributed by atoms with Crippen molar-refractivity contribution < 1.29 is 9.26 Å². The summed E-state index contributed by atoms with van der Waals surface area (Å²) in [4.78, 5) is 4.23. The molecule has 1 unspecified atom stereocenters.